The summed E-state index contributed by atoms with van der Waals surface area (Å²) < 4.78 is 11.0. The van der Waals surface area contributed by atoms with E-state index < -0.39 is 0 Å². The Labute approximate surface area is 125 Å². The van der Waals surface area contributed by atoms with Crippen LogP contribution in [0.2, 0.25) is 0 Å². The summed E-state index contributed by atoms with van der Waals surface area (Å²) in [6.07, 6.45) is 1.05. The molecule has 3 heteroatoms. The average molecular weight is 291 g/mol. The molecule has 0 aromatic heterocycles. The van der Waals surface area contributed by atoms with Crippen molar-refractivity contribution in [3.05, 3.63) is 59.2 Å². The molecule has 20 heavy (non-hydrogen) atoms. The molecule has 0 heterocycles. The standard InChI is InChI=1S/C17H19ClO2/c1-3-13-4-6-14(7-5-13)12-20-17-9-8-16(19-2)10-15(17)11-18/h4-10H,3,11-12H2,1-2H3. The minimum absolute atomic E-state index is 0.404. The van der Waals surface area contributed by atoms with Crippen molar-refractivity contribution in [1.29, 1.82) is 0 Å². The third kappa shape index (κ3) is 3.67. The molecule has 0 fully saturated rings. The molecule has 2 rings (SSSR count). The average Bonchev–Trinajstić information content (AvgIpc) is 2.53. The van der Waals surface area contributed by atoms with Gasteiger partial charge in [0.05, 0.1) is 13.0 Å². The SMILES string of the molecule is CCc1ccc(COc2ccc(OC)cc2CCl)cc1. The van der Waals surface area contributed by atoms with E-state index in [-0.39, 0.29) is 0 Å². The maximum absolute atomic E-state index is 5.95. The number of methoxy groups -OCH3 is 1. The number of halogens is 1. The van der Waals surface area contributed by atoms with Gasteiger partial charge in [-0.15, -0.1) is 11.6 Å². The van der Waals surface area contributed by atoms with Gasteiger partial charge in [0.25, 0.3) is 0 Å². The molecule has 0 unspecified atom stereocenters. The predicted octanol–water partition coefficient (Wildman–Crippen LogP) is 4.58. The van der Waals surface area contributed by atoms with E-state index in [9.17, 15) is 0 Å². The van der Waals surface area contributed by atoms with E-state index in [2.05, 4.69) is 31.2 Å². The lowest BCUT2D eigenvalue weighted by molar-refractivity contribution is 0.303. The molecule has 0 bridgehead atoms. The monoisotopic (exact) mass is 290 g/mol. The van der Waals surface area contributed by atoms with Gasteiger partial charge in [-0.25, -0.2) is 0 Å². The summed E-state index contributed by atoms with van der Waals surface area (Å²) in [7, 11) is 1.64. The van der Waals surface area contributed by atoms with Gasteiger partial charge < -0.3 is 9.47 Å². The van der Waals surface area contributed by atoms with E-state index >= 15 is 0 Å². The normalized spacial score (nSPS) is 10.3. The van der Waals surface area contributed by atoms with Crippen LogP contribution in [0, 0.1) is 0 Å². The molecule has 0 atom stereocenters. The molecule has 0 amide bonds. The molecule has 0 radical (unpaired) electrons. The quantitative estimate of drug-likeness (QED) is 0.725. The number of ether oxygens (including phenoxy) is 2. The first-order chi connectivity index (χ1) is 9.76. The Morgan fingerprint density at radius 3 is 2.30 bits per heavy atom. The molecule has 2 aromatic rings. The lowest BCUT2D eigenvalue weighted by atomic mass is 10.1. The highest BCUT2D eigenvalue weighted by molar-refractivity contribution is 6.17. The lowest BCUT2D eigenvalue weighted by Crippen LogP contribution is -1.98. The second-order valence-electron chi connectivity index (χ2n) is 4.57. The second kappa shape index (κ2) is 7.20. The molecule has 0 aliphatic heterocycles. The molecule has 106 valence electrons. The van der Waals surface area contributed by atoms with Crippen LogP contribution in [-0.2, 0) is 18.9 Å². The molecule has 0 aliphatic rings. The Morgan fingerprint density at radius 1 is 1.00 bits per heavy atom. The highest BCUT2D eigenvalue weighted by Gasteiger charge is 2.05. The smallest absolute Gasteiger partial charge is 0.124 e. The molecule has 0 spiro atoms. The van der Waals surface area contributed by atoms with E-state index in [1.165, 1.54) is 5.56 Å². The molecule has 0 N–H and O–H groups in total. The lowest BCUT2D eigenvalue weighted by Gasteiger charge is -2.11. The summed E-state index contributed by atoms with van der Waals surface area (Å²) >= 11 is 5.95. The zero-order valence-corrected chi connectivity index (χ0v) is 12.6. The third-order valence-corrected chi connectivity index (χ3v) is 3.53. The number of hydrogen-bond acceptors (Lipinski definition) is 2. The van der Waals surface area contributed by atoms with Crippen molar-refractivity contribution in [2.75, 3.05) is 7.11 Å². The summed E-state index contributed by atoms with van der Waals surface area (Å²) in [5.41, 5.74) is 3.43. The van der Waals surface area contributed by atoms with Gasteiger partial charge in [-0.1, -0.05) is 31.2 Å². The number of benzene rings is 2. The van der Waals surface area contributed by atoms with E-state index in [4.69, 9.17) is 21.1 Å². The van der Waals surface area contributed by atoms with E-state index in [0.29, 0.717) is 12.5 Å². The first-order valence-corrected chi connectivity index (χ1v) is 7.23. The van der Waals surface area contributed by atoms with Crippen molar-refractivity contribution < 1.29 is 9.47 Å². The summed E-state index contributed by atoms with van der Waals surface area (Å²) in [5, 5.41) is 0. The molecule has 0 saturated carbocycles. The number of hydrogen-bond donors (Lipinski definition) is 0. The van der Waals surface area contributed by atoms with Crippen molar-refractivity contribution in [3.63, 3.8) is 0 Å². The van der Waals surface area contributed by atoms with Gasteiger partial charge in [-0.05, 0) is 35.7 Å². The summed E-state index contributed by atoms with van der Waals surface area (Å²) in [6, 6.07) is 14.2. The van der Waals surface area contributed by atoms with Gasteiger partial charge in [-0.2, -0.15) is 0 Å². The summed E-state index contributed by atoms with van der Waals surface area (Å²) in [6.45, 7) is 2.69. The van der Waals surface area contributed by atoms with Crippen LogP contribution in [0.15, 0.2) is 42.5 Å². The van der Waals surface area contributed by atoms with Gasteiger partial charge in [0.15, 0.2) is 0 Å². The predicted molar refractivity (Wildman–Crippen MR) is 82.7 cm³/mol. The third-order valence-electron chi connectivity index (χ3n) is 3.24. The Bertz CT molecular complexity index is 549. The largest absolute Gasteiger partial charge is 0.497 e. The van der Waals surface area contributed by atoms with Crippen LogP contribution in [0.4, 0.5) is 0 Å². The van der Waals surface area contributed by atoms with Gasteiger partial charge in [0, 0.05) is 5.56 Å². The summed E-state index contributed by atoms with van der Waals surface area (Å²) in [4.78, 5) is 0. The molecular formula is C17H19ClO2. The zero-order chi connectivity index (χ0) is 14.4. The van der Waals surface area contributed by atoms with Crippen LogP contribution >= 0.6 is 11.6 Å². The van der Waals surface area contributed by atoms with Crippen LogP contribution in [0.3, 0.4) is 0 Å². The van der Waals surface area contributed by atoms with Gasteiger partial charge in [0.1, 0.15) is 18.1 Å². The fourth-order valence-corrected chi connectivity index (χ4v) is 2.17. The zero-order valence-electron chi connectivity index (χ0n) is 11.9. The fourth-order valence-electron chi connectivity index (χ4n) is 1.96. The van der Waals surface area contributed by atoms with Gasteiger partial charge >= 0.3 is 0 Å². The topological polar surface area (TPSA) is 18.5 Å². The minimum Gasteiger partial charge on any atom is -0.497 e. The van der Waals surface area contributed by atoms with E-state index in [0.717, 1.165) is 29.0 Å². The van der Waals surface area contributed by atoms with E-state index in [1.54, 1.807) is 7.11 Å². The maximum Gasteiger partial charge on any atom is 0.124 e. The Hall–Kier alpha value is -1.67. The van der Waals surface area contributed by atoms with Crippen molar-refractivity contribution in [2.45, 2.75) is 25.8 Å². The molecule has 0 saturated heterocycles. The van der Waals surface area contributed by atoms with Crippen LogP contribution in [-0.4, -0.2) is 7.11 Å². The van der Waals surface area contributed by atoms with Crippen LogP contribution in [0.5, 0.6) is 11.5 Å². The van der Waals surface area contributed by atoms with Crippen molar-refractivity contribution in [2.24, 2.45) is 0 Å². The highest BCUT2D eigenvalue weighted by atomic mass is 35.5. The van der Waals surface area contributed by atoms with Gasteiger partial charge in [0.2, 0.25) is 0 Å². The second-order valence-corrected chi connectivity index (χ2v) is 4.83. The molecule has 2 nitrogen and oxygen atoms in total. The molecule has 0 aliphatic carbocycles. The number of alkyl halides is 1. The van der Waals surface area contributed by atoms with Crippen LogP contribution in [0.1, 0.15) is 23.6 Å². The van der Waals surface area contributed by atoms with E-state index in [1.807, 2.05) is 18.2 Å². The summed E-state index contributed by atoms with van der Waals surface area (Å²) in [5.74, 6) is 2.00. The van der Waals surface area contributed by atoms with Crippen molar-refractivity contribution in [1.82, 2.24) is 0 Å². The Morgan fingerprint density at radius 2 is 1.70 bits per heavy atom. The highest BCUT2D eigenvalue weighted by Crippen LogP contribution is 2.26. The van der Waals surface area contributed by atoms with Crippen molar-refractivity contribution >= 4 is 11.6 Å². The minimum atomic E-state index is 0.404. The number of rotatable bonds is 6. The molecular weight excluding hydrogens is 272 g/mol. The fraction of sp³-hybridized carbons (Fsp3) is 0.294. The number of aryl methyl sites for hydroxylation is 1. The first kappa shape index (κ1) is 14.7. The maximum atomic E-state index is 5.95. The van der Waals surface area contributed by atoms with Crippen molar-refractivity contribution in [3.8, 4) is 11.5 Å². The molecule has 2 aromatic carbocycles. The first-order valence-electron chi connectivity index (χ1n) is 6.70. The Balaban J connectivity index is 2.05. The van der Waals surface area contributed by atoms with Gasteiger partial charge in [-0.3, -0.25) is 0 Å². The van der Waals surface area contributed by atoms with Crippen LogP contribution < -0.4 is 9.47 Å². The Kier molecular flexibility index (Phi) is 5.31. The van der Waals surface area contributed by atoms with Crippen LogP contribution in [0.25, 0.3) is 0 Å².